The standard InChI is InChI=1S/C28H35F4N7O3S/c1-15(2)39-25-22(13-33-27(36-25)34-18-6-8-23(38(3)4)20(30)10-18)35-24(26(39)40)17-5-7-21(19(29)9-17)37-43(41,42)14-16-11-28(31,32)12-16/h5,7,9,13,15-16,18,20,23,37H,6,8,10-12,14H2,1-4H3,(H,33,34,36)/t18-,20-,23-/m1/s1. The van der Waals surface area contributed by atoms with Crippen LogP contribution in [0.4, 0.5) is 29.2 Å². The van der Waals surface area contributed by atoms with Gasteiger partial charge < -0.3 is 10.2 Å². The van der Waals surface area contributed by atoms with Gasteiger partial charge in [-0.05, 0) is 58.8 Å². The summed E-state index contributed by atoms with van der Waals surface area (Å²) < 4.78 is 84.3. The van der Waals surface area contributed by atoms with Crippen molar-refractivity contribution in [3.63, 3.8) is 0 Å². The minimum absolute atomic E-state index is 0.0854. The molecule has 0 spiro atoms. The van der Waals surface area contributed by atoms with Gasteiger partial charge in [-0.15, -0.1) is 0 Å². The molecule has 10 nitrogen and oxygen atoms in total. The zero-order valence-corrected chi connectivity index (χ0v) is 25.1. The fourth-order valence-corrected chi connectivity index (χ4v) is 7.34. The predicted molar refractivity (Wildman–Crippen MR) is 156 cm³/mol. The van der Waals surface area contributed by atoms with Crippen molar-refractivity contribution >= 4 is 32.8 Å². The number of nitrogens with zero attached hydrogens (tertiary/aromatic N) is 5. The molecule has 2 heterocycles. The number of alkyl halides is 3. The lowest BCUT2D eigenvalue weighted by atomic mass is 9.83. The van der Waals surface area contributed by atoms with Crippen LogP contribution in [0.25, 0.3) is 22.4 Å². The van der Waals surface area contributed by atoms with Gasteiger partial charge in [-0.3, -0.25) is 14.1 Å². The molecule has 43 heavy (non-hydrogen) atoms. The summed E-state index contributed by atoms with van der Waals surface area (Å²) in [6, 6.07) is 2.82. The Bertz CT molecular complexity index is 1670. The van der Waals surface area contributed by atoms with Crippen molar-refractivity contribution in [2.45, 2.75) is 76.2 Å². The van der Waals surface area contributed by atoms with Gasteiger partial charge in [0, 0.05) is 43.0 Å². The lowest BCUT2D eigenvalue weighted by molar-refractivity contribution is -0.103. The van der Waals surface area contributed by atoms with E-state index >= 15 is 4.39 Å². The summed E-state index contributed by atoms with van der Waals surface area (Å²) in [6.45, 7) is 3.57. The van der Waals surface area contributed by atoms with Crippen LogP contribution in [0.1, 0.15) is 52.0 Å². The van der Waals surface area contributed by atoms with E-state index in [-0.39, 0.29) is 52.2 Å². The summed E-state index contributed by atoms with van der Waals surface area (Å²) in [5, 5.41) is 3.18. The number of halogens is 4. The Balaban J connectivity index is 1.39. The second-order valence-electron chi connectivity index (χ2n) is 12.0. The Labute approximate surface area is 247 Å². The van der Waals surface area contributed by atoms with Crippen LogP contribution < -0.4 is 15.6 Å². The summed E-state index contributed by atoms with van der Waals surface area (Å²) in [4.78, 5) is 28.7. The number of rotatable bonds is 9. The molecule has 3 atom stereocenters. The molecule has 15 heteroatoms. The van der Waals surface area contributed by atoms with Crippen LogP contribution >= 0.6 is 0 Å². The Morgan fingerprint density at radius 3 is 2.49 bits per heavy atom. The van der Waals surface area contributed by atoms with Crippen molar-refractivity contribution < 1.29 is 26.0 Å². The number of hydrogen-bond acceptors (Lipinski definition) is 8. The third-order valence-corrected chi connectivity index (χ3v) is 9.46. The summed E-state index contributed by atoms with van der Waals surface area (Å²) in [6.07, 6.45) is 1.09. The topological polar surface area (TPSA) is 122 Å². The molecule has 3 aromatic rings. The summed E-state index contributed by atoms with van der Waals surface area (Å²) in [5.74, 6) is -4.83. The number of benzene rings is 1. The van der Waals surface area contributed by atoms with Gasteiger partial charge in [0.2, 0.25) is 21.9 Å². The van der Waals surface area contributed by atoms with Crippen LogP contribution in [0.15, 0.2) is 29.2 Å². The first-order valence-corrected chi connectivity index (χ1v) is 15.8. The third kappa shape index (κ3) is 6.77. The van der Waals surface area contributed by atoms with Gasteiger partial charge in [-0.2, -0.15) is 4.98 Å². The van der Waals surface area contributed by atoms with Crippen LogP contribution in [0, 0.1) is 11.7 Å². The number of fused-ring (bicyclic) bond motifs is 1. The molecule has 0 radical (unpaired) electrons. The van der Waals surface area contributed by atoms with E-state index in [9.17, 15) is 26.4 Å². The van der Waals surface area contributed by atoms with Gasteiger partial charge in [0.25, 0.3) is 5.56 Å². The second-order valence-corrected chi connectivity index (χ2v) is 13.8. The van der Waals surface area contributed by atoms with Gasteiger partial charge in [-0.1, -0.05) is 6.07 Å². The average molecular weight is 626 g/mol. The Kier molecular flexibility index (Phi) is 8.42. The minimum atomic E-state index is -4.07. The molecule has 1 aromatic carbocycles. The van der Waals surface area contributed by atoms with Crippen LogP contribution in [0.3, 0.4) is 0 Å². The van der Waals surface area contributed by atoms with E-state index in [1.54, 1.807) is 13.8 Å². The molecule has 0 aliphatic heterocycles. The molecule has 2 N–H and O–H groups in total. The quantitative estimate of drug-likeness (QED) is 0.331. The fraction of sp³-hybridized carbons (Fsp3) is 0.571. The van der Waals surface area contributed by atoms with Crippen molar-refractivity contribution in [1.29, 1.82) is 0 Å². The maximum absolute atomic E-state index is 15.1. The van der Waals surface area contributed by atoms with Crippen LogP contribution in [0.5, 0.6) is 0 Å². The lowest BCUT2D eigenvalue weighted by Gasteiger charge is -2.35. The normalized spacial score (nSPS) is 22.6. The predicted octanol–water partition coefficient (Wildman–Crippen LogP) is 4.59. The minimum Gasteiger partial charge on any atom is -0.351 e. The van der Waals surface area contributed by atoms with E-state index in [0.29, 0.717) is 12.8 Å². The molecule has 2 aromatic heterocycles. The number of hydrogen-bond donors (Lipinski definition) is 2. The Morgan fingerprint density at radius 1 is 1.16 bits per heavy atom. The first kappa shape index (κ1) is 31.1. The molecule has 2 saturated carbocycles. The molecule has 5 rings (SSSR count). The maximum atomic E-state index is 15.1. The third-order valence-electron chi connectivity index (χ3n) is 8.02. The van der Waals surface area contributed by atoms with E-state index < -0.39 is 58.0 Å². The van der Waals surface area contributed by atoms with E-state index in [4.69, 9.17) is 0 Å². The number of nitrogens with one attached hydrogen (secondary N) is 2. The molecular weight excluding hydrogens is 590 g/mol. The van der Waals surface area contributed by atoms with E-state index in [0.717, 1.165) is 18.6 Å². The fourth-order valence-electron chi connectivity index (χ4n) is 5.90. The molecule has 0 bridgehead atoms. The smallest absolute Gasteiger partial charge is 0.278 e. The summed E-state index contributed by atoms with van der Waals surface area (Å²) in [7, 11) is -0.356. The van der Waals surface area contributed by atoms with Crippen molar-refractivity contribution in [3.8, 4) is 11.3 Å². The second kappa shape index (κ2) is 11.6. The molecule has 2 aliphatic rings. The molecule has 0 amide bonds. The largest absolute Gasteiger partial charge is 0.351 e. The molecule has 2 fully saturated rings. The Morgan fingerprint density at radius 2 is 1.88 bits per heavy atom. The lowest BCUT2D eigenvalue weighted by Crippen LogP contribution is -2.44. The molecule has 2 aliphatic carbocycles. The van der Waals surface area contributed by atoms with Gasteiger partial charge in [0.15, 0.2) is 5.65 Å². The zero-order valence-electron chi connectivity index (χ0n) is 24.3. The van der Waals surface area contributed by atoms with E-state index in [1.807, 2.05) is 19.0 Å². The Hall–Kier alpha value is -3.33. The number of aromatic nitrogens is 4. The summed E-state index contributed by atoms with van der Waals surface area (Å²) in [5.41, 5.74) is -0.357. The molecule has 0 unspecified atom stereocenters. The van der Waals surface area contributed by atoms with Crippen LogP contribution in [-0.2, 0) is 10.0 Å². The zero-order chi connectivity index (χ0) is 31.3. The van der Waals surface area contributed by atoms with Gasteiger partial charge in [0.1, 0.15) is 23.2 Å². The van der Waals surface area contributed by atoms with Crippen LogP contribution in [-0.4, -0.2) is 76.9 Å². The van der Waals surface area contributed by atoms with E-state index in [1.165, 1.54) is 16.8 Å². The van der Waals surface area contributed by atoms with Gasteiger partial charge in [0.05, 0.1) is 17.6 Å². The van der Waals surface area contributed by atoms with Crippen LogP contribution in [0.2, 0.25) is 0 Å². The highest BCUT2D eigenvalue weighted by Crippen LogP contribution is 2.43. The molecule has 234 valence electrons. The highest BCUT2D eigenvalue weighted by molar-refractivity contribution is 7.92. The van der Waals surface area contributed by atoms with Gasteiger partial charge >= 0.3 is 0 Å². The SMILES string of the molecule is CC(C)n1c(=O)c(-c2ccc(NS(=O)(=O)CC3CC(F)(F)C3)c(F)c2)nc2cnc(N[C@@H]3CC[C@@H](N(C)C)[C@H](F)C3)nc21. The molecular formula is C28H35F4N7O3S. The van der Waals surface area contributed by atoms with Gasteiger partial charge in [-0.25, -0.2) is 35.9 Å². The average Bonchev–Trinajstić information content (AvgIpc) is 2.87. The number of anilines is 2. The van der Waals surface area contributed by atoms with Crippen molar-refractivity contribution in [2.75, 3.05) is 29.9 Å². The molecule has 0 saturated heterocycles. The number of sulfonamides is 1. The highest BCUT2D eigenvalue weighted by atomic mass is 32.2. The van der Waals surface area contributed by atoms with Crippen molar-refractivity contribution in [2.24, 2.45) is 5.92 Å². The van der Waals surface area contributed by atoms with Crippen molar-refractivity contribution in [3.05, 3.63) is 40.6 Å². The first-order chi connectivity index (χ1) is 20.1. The van der Waals surface area contributed by atoms with E-state index in [2.05, 4.69) is 25.0 Å². The highest BCUT2D eigenvalue weighted by Gasteiger charge is 2.46. The van der Waals surface area contributed by atoms with Crippen molar-refractivity contribution in [1.82, 2.24) is 24.4 Å². The summed E-state index contributed by atoms with van der Waals surface area (Å²) >= 11 is 0. The first-order valence-electron chi connectivity index (χ1n) is 14.2. The maximum Gasteiger partial charge on any atom is 0.278 e. The monoisotopic (exact) mass is 625 g/mol.